The molecular weight excluding hydrogens is 288 g/mol. The van der Waals surface area contributed by atoms with E-state index in [1.807, 2.05) is 0 Å². The minimum Gasteiger partial charge on any atom is -0.363 e. The molecule has 2 saturated carbocycles. The van der Waals surface area contributed by atoms with Crippen LogP contribution in [0.25, 0.3) is 0 Å². The molecule has 2 heterocycles. The predicted molar refractivity (Wildman–Crippen MR) is 80.5 cm³/mol. The molecule has 0 spiro atoms. The van der Waals surface area contributed by atoms with Gasteiger partial charge in [0, 0.05) is 16.5 Å². The largest absolute Gasteiger partial charge is 0.363 e. The van der Waals surface area contributed by atoms with Crippen LogP contribution in [0.3, 0.4) is 0 Å². The maximum Gasteiger partial charge on any atom is 0.328 e. The van der Waals surface area contributed by atoms with Gasteiger partial charge >= 0.3 is 5.70 Å². The number of rotatable bonds is 1. The number of ketones is 1. The summed E-state index contributed by atoms with van der Waals surface area (Å²) in [5, 5.41) is 12.3. The van der Waals surface area contributed by atoms with E-state index in [9.17, 15) is 14.9 Å². The maximum atomic E-state index is 12.4. The van der Waals surface area contributed by atoms with Gasteiger partial charge in [0.2, 0.25) is 5.78 Å². The van der Waals surface area contributed by atoms with Gasteiger partial charge in [-0.15, -0.1) is 0 Å². The quantitative estimate of drug-likeness (QED) is 0.550. The normalized spacial score (nSPS) is 41.9. The summed E-state index contributed by atoms with van der Waals surface area (Å²) in [7, 11) is 0. The average molecular weight is 308 g/mol. The number of fused-ring (bicyclic) bond motifs is 2. The van der Waals surface area contributed by atoms with Gasteiger partial charge in [0.1, 0.15) is 0 Å². The summed E-state index contributed by atoms with van der Waals surface area (Å²) in [6.45, 7) is 0. The van der Waals surface area contributed by atoms with Crippen molar-refractivity contribution in [3.8, 4) is 0 Å². The smallest absolute Gasteiger partial charge is 0.328 e. The van der Waals surface area contributed by atoms with Crippen molar-refractivity contribution in [2.75, 3.05) is 0 Å². The predicted octanol–water partition coefficient (Wildman–Crippen LogP) is 2.58. The number of thioether (sulfide) groups is 1. The van der Waals surface area contributed by atoms with Crippen molar-refractivity contribution in [2.45, 2.75) is 67.5 Å². The van der Waals surface area contributed by atoms with E-state index in [1.165, 1.54) is 19.3 Å². The summed E-state index contributed by atoms with van der Waals surface area (Å²) >= 11 is 2.07. The lowest BCUT2D eigenvalue weighted by Crippen LogP contribution is -2.62. The molecule has 6 heteroatoms. The van der Waals surface area contributed by atoms with Gasteiger partial charge in [-0.3, -0.25) is 14.9 Å². The Morgan fingerprint density at radius 3 is 2.71 bits per heavy atom. The fourth-order valence-corrected chi connectivity index (χ4v) is 6.71. The van der Waals surface area contributed by atoms with E-state index < -0.39 is 4.92 Å². The molecule has 0 aromatic rings. The first kappa shape index (κ1) is 13.6. The molecule has 0 amide bonds. The van der Waals surface area contributed by atoms with Crippen LogP contribution in [0.2, 0.25) is 0 Å². The van der Waals surface area contributed by atoms with Gasteiger partial charge in [0.15, 0.2) is 0 Å². The van der Waals surface area contributed by atoms with Crippen LogP contribution < -0.4 is 0 Å². The lowest BCUT2D eigenvalue weighted by molar-refractivity contribution is -0.421. The number of nitro groups is 1. The Hall–Kier alpha value is -1.04. The molecule has 5 nitrogen and oxygen atoms in total. The van der Waals surface area contributed by atoms with Gasteiger partial charge in [0.25, 0.3) is 0 Å². The number of Topliss-reactive ketones (excluding diaryl/α,β-unsaturated/α-hetero) is 1. The highest BCUT2D eigenvalue weighted by molar-refractivity contribution is 8.00. The van der Waals surface area contributed by atoms with Crippen LogP contribution in [0, 0.1) is 16.0 Å². The van der Waals surface area contributed by atoms with Crippen LogP contribution in [0.1, 0.15) is 44.9 Å². The number of carbonyl (C=O) groups excluding carboxylic acids is 1. The fraction of sp³-hybridized carbons (Fsp3) is 0.800. The zero-order valence-electron chi connectivity index (χ0n) is 11.9. The molecule has 0 aromatic heterocycles. The number of nitrogens with zero attached hydrogens (tertiary/aromatic N) is 2. The summed E-state index contributed by atoms with van der Waals surface area (Å²) in [6.07, 6.45) is 9.41. The third kappa shape index (κ3) is 2.02. The molecule has 4 rings (SSSR count). The van der Waals surface area contributed by atoms with E-state index in [4.69, 9.17) is 0 Å². The van der Waals surface area contributed by atoms with Gasteiger partial charge in [-0.05, 0) is 25.7 Å². The van der Waals surface area contributed by atoms with Gasteiger partial charge in [-0.25, -0.2) is 0 Å². The second-order valence-corrected chi connectivity index (χ2v) is 8.16. The Balaban J connectivity index is 1.76. The molecule has 0 N–H and O–H groups in total. The molecule has 0 aromatic carbocycles. The molecule has 0 bridgehead atoms. The lowest BCUT2D eigenvalue weighted by atomic mass is 9.76. The highest BCUT2D eigenvalue weighted by Gasteiger charge is 2.54. The molecule has 5 atom stereocenters. The van der Waals surface area contributed by atoms with Gasteiger partial charge in [0.05, 0.1) is 23.1 Å². The van der Waals surface area contributed by atoms with Crippen LogP contribution in [0.4, 0.5) is 0 Å². The van der Waals surface area contributed by atoms with E-state index >= 15 is 0 Å². The Kier molecular flexibility index (Phi) is 3.24. The Morgan fingerprint density at radius 2 is 1.90 bits per heavy atom. The number of hydrogen-bond acceptors (Lipinski definition) is 5. The molecule has 5 unspecified atom stereocenters. The van der Waals surface area contributed by atoms with Gasteiger partial charge in [-0.1, -0.05) is 19.3 Å². The SMILES string of the molecule is O=C1C([N+](=O)[O-])=CN2C3CCCCC3SC3CCCC1C32. The first-order valence-electron chi connectivity index (χ1n) is 8.00. The summed E-state index contributed by atoms with van der Waals surface area (Å²) < 4.78 is 0. The summed E-state index contributed by atoms with van der Waals surface area (Å²) in [4.78, 5) is 25.5. The second kappa shape index (κ2) is 5.00. The summed E-state index contributed by atoms with van der Waals surface area (Å²) in [5.74, 6) is -0.370. The Bertz CT molecular complexity index is 521. The lowest BCUT2D eigenvalue weighted by Gasteiger charge is -2.56. The molecule has 1 saturated heterocycles. The first-order chi connectivity index (χ1) is 10.2. The zero-order valence-corrected chi connectivity index (χ0v) is 12.8. The Morgan fingerprint density at radius 1 is 1.14 bits per heavy atom. The number of allylic oxidation sites excluding steroid dienone is 1. The number of hydrogen-bond donors (Lipinski definition) is 0. The van der Waals surface area contributed by atoms with Crippen molar-refractivity contribution in [3.63, 3.8) is 0 Å². The van der Waals surface area contributed by atoms with Crippen molar-refractivity contribution in [1.82, 2.24) is 4.90 Å². The van der Waals surface area contributed by atoms with Crippen molar-refractivity contribution in [2.24, 2.45) is 5.92 Å². The molecule has 0 radical (unpaired) electrons. The van der Waals surface area contributed by atoms with Crippen LogP contribution in [-0.2, 0) is 4.79 Å². The zero-order chi connectivity index (χ0) is 14.6. The average Bonchev–Trinajstić information content (AvgIpc) is 2.49. The van der Waals surface area contributed by atoms with Gasteiger partial charge < -0.3 is 4.90 Å². The molecule has 4 aliphatic rings. The van der Waals surface area contributed by atoms with E-state index in [2.05, 4.69) is 16.7 Å². The first-order valence-corrected chi connectivity index (χ1v) is 8.94. The second-order valence-electron chi connectivity index (χ2n) is 6.68. The highest BCUT2D eigenvalue weighted by Crippen LogP contribution is 2.50. The minimum atomic E-state index is -0.470. The standard InChI is InChI=1S/C15H20N2O3S/c18-15-9-4-3-7-13-14(9)16(8-11(15)17(19)20)10-5-1-2-6-12(10)21-13/h8-10,12-14H,1-7H2. The molecule has 3 fully saturated rings. The highest BCUT2D eigenvalue weighted by atomic mass is 32.2. The van der Waals surface area contributed by atoms with Crippen LogP contribution >= 0.6 is 11.8 Å². The van der Waals surface area contributed by atoms with Crippen LogP contribution in [-0.4, -0.2) is 38.2 Å². The summed E-state index contributed by atoms with van der Waals surface area (Å²) in [5.41, 5.74) is -0.173. The minimum absolute atomic E-state index is 0.149. The monoisotopic (exact) mass is 308 g/mol. The van der Waals surface area contributed by atoms with Crippen molar-refractivity contribution >= 4 is 17.5 Å². The maximum absolute atomic E-state index is 12.4. The number of carbonyl (C=O) groups is 1. The fourth-order valence-electron chi connectivity index (χ4n) is 4.71. The third-order valence-electron chi connectivity index (χ3n) is 5.60. The van der Waals surface area contributed by atoms with E-state index in [0.29, 0.717) is 16.5 Å². The van der Waals surface area contributed by atoms with Gasteiger partial charge in [-0.2, -0.15) is 11.8 Å². The van der Waals surface area contributed by atoms with Crippen molar-refractivity contribution in [1.29, 1.82) is 0 Å². The molecule has 2 aliphatic carbocycles. The van der Waals surface area contributed by atoms with E-state index in [-0.39, 0.29) is 23.4 Å². The van der Waals surface area contributed by atoms with E-state index in [0.717, 1.165) is 25.7 Å². The Labute approximate surface area is 128 Å². The third-order valence-corrected chi connectivity index (χ3v) is 7.36. The molecular formula is C15H20N2O3S. The molecule has 114 valence electrons. The van der Waals surface area contributed by atoms with Crippen LogP contribution in [0.5, 0.6) is 0 Å². The molecule has 2 aliphatic heterocycles. The summed E-state index contributed by atoms with van der Waals surface area (Å²) in [6, 6.07) is 0.605. The van der Waals surface area contributed by atoms with Crippen molar-refractivity contribution < 1.29 is 9.72 Å². The topological polar surface area (TPSA) is 63.4 Å². The molecule has 21 heavy (non-hydrogen) atoms. The van der Waals surface area contributed by atoms with E-state index in [1.54, 1.807) is 6.20 Å². The van der Waals surface area contributed by atoms with Crippen molar-refractivity contribution in [3.05, 3.63) is 22.0 Å². The van der Waals surface area contributed by atoms with Crippen LogP contribution in [0.15, 0.2) is 11.9 Å².